The standard InChI is InChI=1S/C17H14BrClFNO/c18-12-3-8-16(20)15(9-12)17(22)21(14-6-7-14)10-11-1-4-13(19)5-2-11/h1-5,8-9,14H,6-7,10H2. The smallest absolute Gasteiger partial charge is 0.257 e. The van der Waals surface area contributed by atoms with Crippen LogP contribution in [0.1, 0.15) is 28.8 Å². The first-order valence-corrected chi connectivity index (χ1v) is 8.22. The fraction of sp³-hybridized carbons (Fsp3) is 0.235. The van der Waals surface area contributed by atoms with Gasteiger partial charge in [-0.1, -0.05) is 39.7 Å². The second kappa shape index (κ2) is 6.39. The Morgan fingerprint density at radius 1 is 1.23 bits per heavy atom. The van der Waals surface area contributed by atoms with Crippen molar-refractivity contribution in [2.45, 2.75) is 25.4 Å². The summed E-state index contributed by atoms with van der Waals surface area (Å²) >= 11 is 9.17. The maximum Gasteiger partial charge on any atom is 0.257 e. The zero-order chi connectivity index (χ0) is 15.7. The number of benzene rings is 2. The third kappa shape index (κ3) is 3.50. The van der Waals surface area contributed by atoms with Crippen LogP contribution in [0.4, 0.5) is 4.39 Å². The molecule has 2 aromatic rings. The lowest BCUT2D eigenvalue weighted by atomic mass is 10.1. The molecule has 1 aliphatic rings. The Morgan fingerprint density at radius 3 is 2.55 bits per heavy atom. The molecule has 2 aromatic carbocycles. The van der Waals surface area contributed by atoms with Gasteiger partial charge in [-0.2, -0.15) is 0 Å². The highest BCUT2D eigenvalue weighted by Gasteiger charge is 2.34. The van der Waals surface area contributed by atoms with Crippen molar-refractivity contribution < 1.29 is 9.18 Å². The molecule has 0 saturated heterocycles. The van der Waals surface area contributed by atoms with Crippen LogP contribution in [0.2, 0.25) is 5.02 Å². The van der Waals surface area contributed by atoms with Crippen molar-refractivity contribution in [3.05, 3.63) is 68.9 Å². The van der Waals surface area contributed by atoms with Gasteiger partial charge < -0.3 is 4.90 Å². The van der Waals surface area contributed by atoms with Crippen LogP contribution in [0.15, 0.2) is 46.9 Å². The van der Waals surface area contributed by atoms with Crippen LogP contribution in [-0.4, -0.2) is 16.8 Å². The summed E-state index contributed by atoms with van der Waals surface area (Å²) in [7, 11) is 0. The number of amides is 1. The second-order valence-corrected chi connectivity index (χ2v) is 6.77. The molecule has 0 bridgehead atoms. The minimum absolute atomic E-state index is 0.107. The van der Waals surface area contributed by atoms with E-state index >= 15 is 0 Å². The van der Waals surface area contributed by atoms with Crippen LogP contribution in [0, 0.1) is 5.82 Å². The van der Waals surface area contributed by atoms with E-state index < -0.39 is 5.82 Å². The molecule has 0 spiro atoms. The van der Waals surface area contributed by atoms with Crippen LogP contribution in [-0.2, 0) is 6.54 Å². The van der Waals surface area contributed by atoms with Crippen LogP contribution < -0.4 is 0 Å². The van der Waals surface area contributed by atoms with Crippen molar-refractivity contribution >= 4 is 33.4 Å². The van der Waals surface area contributed by atoms with Gasteiger partial charge in [-0.25, -0.2) is 4.39 Å². The molecule has 0 unspecified atom stereocenters. The molecule has 5 heteroatoms. The maximum atomic E-state index is 14.0. The van der Waals surface area contributed by atoms with Crippen LogP contribution in [0.5, 0.6) is 0 Å². The van der Waals surface area contributed by atoms with E-state index in [1.165, 1.54) is 12.1 Å². The molecule has 0 aliphatic heterocycles. The quantitative estimate of drug-likeness (QED) is 0.725. The van der Waals surface area contributed by atoms with E-state index in [0.29, 0.717) is 16.0 Å². The highest BCUT2D eigenvalue weighted by molar-refractivity contribution is 9.10. The van der Waals surface area contributed by atoms with Gasteiger partial charge in [0.15, 0.2) is 0 Å². The highest BCUT2D eigenvalue weighted by Crippen LogP contribution is 2.31. The van der Waals surface area contributed by atoms with Gasteiger partial charge in [-0.05, 0) is 48.7 Å². The summed E-state index contributed by atoms with van der Waals surface area (Å²) in [6.45, 7) is 0.465. The summed E-state index contributed by atoms with van der Waals surface area (Å²) in [6, 6.07) is 12.0. The molecule has 22 heavy (non-hydrogen) atoms. The minimum atomic E-state index is -0.491. The molecule has 114 valence electrons. The summed E-state index contributed by atoms with van der Waals surface area (Å²) in [4.78, 5) is 14.5. The van der Waals surface area contributed by atoms with Crippen LogP contribution in [0.3, 0.4) is 0 Å². The van der Waals surface area contributed by atoms with Gasteiger partial charge in [0, 0.05) is 22.1 Å². The highest BCUT2D eigenvalue weighted by atomic mass is 79.9. The summed E-state index contributed by atoms with van der Waals surface area (Å²) in [6.07, 6.45) is 1.93. The fourth-order valence-corrected chi connectivity index (χ4v) is 2.84. The number of hydrogen-bond acceptors (Lipinski definition) is 1. The predicted octanol–water partition coefficient (Wildman–Crippen LogP) is 5.05. The molecular weight excluding hydrogens is 369 g/mol. The average Bonchev–Trinajstić information content (AvgIpc) is 3.33. The molecule has 1 fully saturated rings. The predicted molar refractivity (Wildman–Crippen MR) is 88.4 cm³/mol. The fourth-order valence-electron chi connectivity index (χ4n) is 2.36. The lowest BCUT2D eigenvalue weighted by Gasteiger charge is -2.23. The number of rotatable bonds is 4. The molecule has 1 saturated carbocycles. The van der Waals surface area contributed by atoms with E-state index in [0.717, 1.165) is 18.4 Å². The lowest BCUT2D eigenvalue weighted by molar-refractivity contribution is 0.0725. The minimum Gasteiger partial charge on any atom is -0.331 e. The van der Waals surface area contributed by atoms with Crippen molar-refractivity contribution in [1.29, 1.82) is 0 Å². The van der Waals surface area contributed by atoms with Crippen molar-refractivity contribution in [3.63, 3.8) is 0 Å². The first kappa shape index (κ1) is 15.5. The molecule has 0 N–H and O–H groups in total. The van der Waals surface area contributed by atoms with Gasteiger partial charge in [0.2, 0.25) is 0 Å². The Kier molecular flexibility index (Phi) is 4.50. The normalized spacial score (nSPS) is 14.0. The first-order valence-electron chi connectivity index (χ1n) is 7.05. The molecule has 0 radical (unpaired) electrons. The van der Waals surface area contributed by atoms with E-state index in [1.54, 1.807) is 23.1 Å². The Labute approximate surface area is 142 Å². The monoisotopic (exact) mass is 381 g/mol. The molecule has 0 aromatic heterocycles. The molecule has 3 rings (SSSR count). The SMILES string of the molecule is O=C(c1cc(Br)ccc1F)N(Cc1ccc(Cl)cc1)C1CC1. The van der Waals surface area contributed by atoms with Gasteiger partial charge in [0.05, 0.1) is 5.56 Å². The van der Waals surface area contributed by atoms with E-state index in [-0.39, 0.29) is 17.5 Å². The van der Waals surface area contributed by atoms with E-state index in [2.05, 4.69) is 15.9 Å². The molecule has 0 heterocycles. The number of halogens is 3. The van der Waals surface area contributed by atoms with E-state index in [4.69, 9.17) is 11.6 Å². The van der Waals surface area contributed by atoms with Crippen molar-refractivity contribution in [3.8, 4) is 0 Å². The Balaban J connectivity index is 1.86. The molecule has 1 amide bonds. The van der Waals surface area contributed by atoms with Gasteiger partial charge >= 0.3 is 0 Å². The number of carbonyl (C=O) groups excluding carboxylic acids is 1. The topological polar surface area (TPSA) is 20.3 Å². The first-order chi connectivity index (χ1) is 10.5. The van der Waals surface area contributed by atoms with Crippen molar-refractivity contribution in [2.75, 3.05) is 0 Å². The van der Waals surface area contributed by atoms with Crippen molar-refractivity contribution in [2.24, 2.45) is 0 Å². The van der Waals surface area contributed by atoms with E-state index in [1.807, 2.05) is 12.1 Å². The average molecular weight is 383 g/mol. The van der Waals surface area contributed by atoms with Crippen LogP contribution >= 0.6 is 27.5 Å². The Hall–Kier alpha value is -1.39. The van der Waals surface area contributed by atoms with Gasteiger partial charge in [-0.3, -0.25) is 4.79 Å². The van der Waals surface area contributed by atoms with Gasteiger partial charge in [0.1, 0.15) is 5.82 Å². The third-order valence-corrected chi connectivity index (χ3v) is 4.42. The zero-order valence-electron chi connectivity index (χ0n) is 11.7. The van der Waals surface area contributed by atoms with Crippen molar-refractivity contribution in [1.82, 2.24) is 4.90 Å². The molecular formula is C17H14BrClFNO. The second-order valence-electron chi connectivity index (χ2n) is 5.41. The third-order valence-electron chi connectivity index (χ3n) is 3.67. The zero-order valence-corrected chi connectivity index (χ0v) is 14.1. The summed E-state index contributed by atoms with van der Waals surface area (Å²) < 4.78 is 14.7. The maximum absolute atomic E-state index is 14.0. The Morgan fingerprint density at radius 2 is 1.91 bits per heavy atom. The lowest BCUT2D eigenvalue weighted by Crippen LogP contribution is -2.33. The number of hydrogen-bond donors (Lipinski definition) is 0. The summed E-state index contributed by atoms with van der Waals surface area (Å²) in [5, 5.41) is 0.658. The number of nitrogens with zero attached hydrogens (tertiary/aromatic N) is 1. The van der Waals surface area contributed by atoms with E-state index in [9.17, 15) is 9.18 Å². The van der Waals surface area contributed by atoms with Gasteiger partial charge in [0.25, 0.3) is 5.91 Å². The molecule has 1 aliphatic carbocycles. The largest absolute Gasteiger partial charge is 0.331 e. The summed E-state index contributed by atoms with van der Waals surface area (Å²) in [5.41, 5.74) is 1.09. The van der Waals surface area contributed by atoms with Gasteiger partial charge in [-0.15, -0.1) is 0 Å². The Bertz CT molecular complexity index is 700. The summed E-state index contributed by atoms with van der Waals surface area (Å²) in [5.74, 6) is -0.758. The molecule has 0 atom stereocenters. The molecule has 2 nitrogen and oxygen atoms in total. The van der Waals surface area contributed by atoms with Crippen LogP contribution in [0.25, 0.3) is 0 Å². The number of carbonyl (C=O) groups is 1.